The molecule has 0 spiro atoms. The van der Waals surface area contributed by atoms with Crippen molar-refractivity contribution in [2.45, 2.75) is 28.0 Å². The predicted octanol–water partition coefficient (Wildman–Crippen LogP) is 2.99. The topological polar surface area (TPSA) is 69.0 Å². The zero-order chi connectivity index (χ0) is 17.2. The van der Waals surface area contributed by atoms with Gasteiger partial charge in [-0.1, -0.05) is 23.1 Å². The first kappa shape index (κ1) is 16.6. The zero-order valence-electron chi connectivity index (χ0n) is 13.6. The highest BCUT2D eigenvalue weighted by molar-refractivity contribution is 8.01. The van der Waals surface area contributed by atoms with Crippen LogP contribution in [-0.4, -0.2) is 41.5 Å². The maximum atomic E-state index is 12.5. The van der Waals surface area contributed by atoms with Gasteiger partial charge in [-0.25, -0.2) is 4.98 Å². The van der Waals surface area contributed by atoms with Gasteiger partial charge in [0.15, 0.2) is 5.01 Å². The molecule has 3 aliphatic rings. The molecule has 2 bridgehead atoms. The molecule has 5 rings (SSSR count). The molecule has 4 heterocycles. The number of nitrogens with zero attached hydrogens (tertiary/aromatic N) is 3. The second kappa shape index (κ2) is 7.16. The van der Waals surface area contributed by atoms with Gasteiger partial charge in [-0.15, -0.1) is 0 Å². The fourth-order valence-electron chi connectivity index (χ4n) is 3.53. The van der Waals surface area contributed by atoms with Gasteiger partial charge in [0, 0.05) is 23.0 Å². The quantitative estimate of drug-likeness (QED) is 0.896. The molecule has 1 N–H and O–H groups in total. The van der Waals surface area contributed by atoms with Crippen molar-refractivity contribution in [3.8, 4) is 6.07 Å². The number of aromatic nitrogens is 1. The third kappa shape index (κ3) is 3.71. The number of hydrogen-bond donors (Lipinski definition) is 1. The van der Waals surface area contributed by atoms with Crippen molar-refractivity contribution in [3.05, 3.63) is 41.0 Å². The molecule has 1 unspecified atom stereocenters. The van der Waals surface area contributed by atoms with E-state index in [9.17, 15) is 4.79 Å². The minimum Gasteiger partial charge on any atom is -0.348 e. The number of rotatable bonds is 4. The highest BCUT2D eigenvalue weighted by Crippen LogP contribution is 2.32. The first-order chi connectivity index (χ1) is 12.2. The Bertz CT molecular complexity index is 803. The van der Waals surface area contributed by atoms with Gasteiger partial charge in [0.2, 0.25) is 0 Å². The van der Waals surface area contributed by atoms with Gasteiger partial charge in [0.05, 0.1) is 10.4 Å². The monoisotopic (exact) mass is 370 g/mol. The summed E-state index contributed by atoms with van der Waals surface area (Å²) in [5, 5.41) is 12.5. The molecule has 3 aliphatic heterocycles. The summed E-state index contributed by atoms with van der Waals surface area (Å²) in [7, 11) is 0. The van der Waals surface area contributed by atoms with Crippen LogP contribution in [0.2, 0.25) is 0 Å². The molecule has 7 heteroatoms. The average Bonchev–Trinajstić information content (AvgIpc) is 3.11. The molecule has 1 amide bonds. The smallest absolute Gasteiger partial charge is 0.251 e. The second-order valence-corrected chi connectivity index (χ2v) is 8.85. The number of thiazole rings is 1. The van der Waals surface area contributed by atoms with E-state index >= 15 is 0 Å². The van der Waals surface area contributed by atoms with E-state index in [-0.39, 0.29) is 11.9 Å². The number of carbonyl (C=O) groups excluding carboxylic acids is 1. The first-order valence-corrected chi connectivity index (χ1v) is 10.0. The van der Waals surface area contributed by atoms with Crippen molar-refractivity contribution in [1.82, 2.24) is 15.2 Å². The Kier molecular flexibility index (Phi) is 4.75. The Hall–Kier alpha value is -1.88. The Morgan fingerprint density at radius 1 is 1.32 bits per heavy atom. The number of benzene rings is 1. The number of amides is 1. The van der Waals surface area contributed by atoms with Crippen molar-refractivity contribution in [2.24, 2.45) is 5.92 Å². The fraction of sp³-hybridized carbons (Fsp3) is 0.389. The number of fused-ring (bicyclic) bond motifs is 3. The Balaban J connectivity index is 1.38. The predicted molar refractivity (Wildman–Crippen MR) is 97.8 cm³/mol. The maximum Gasteiger partial charge on any atom is 0.251 e. The highest BCUT2D eigenvalue weighted by Gasteiger charge is 2.34. The van der Waals surface area contributed by atoms with Crippen molar-refractivity contribution < 1.29 is 4.79 Å². The summed E-state index contributed by atoms with van der Waals surface area (Å²) in [5.74, 6) is 0.643. The number of hydrogen-bond acceptors (Lipinski definition) is 6. The van der Waals surface area contributed by atoms with Crippen LogP contribution in [0.1, 0.15) is 28.2 Å². The molecule has 5 nitrogen and oxygen atoms in total. The van der Waals surface area contributed by atoms with Crippen molar-refractivity contribution >= 4 is 29.0 Å². The van der Waals surface area contributed by atoms with Crippen molar-refractivity contribution in [3.63, 3.8) is 0 Å². The number of carbonyl (C=O) groups is 1. The second-order valence-electron chi connectivity index (χ2n) is 6.44. The highest BCUT2D eigenvalue weighted by atomic mass is 32.2. The van der Waals surface area contributed by atoms with E-state index in [4.69, 9.17) is 5.26 Å². The van der Waals surface area contributed by atoms with E-state index in [2.05, 4.69) is 15.2 Å². The van der Waals surface area contributed by atoms with Crippen LogP contribution in [0.15, 0.2) is 39.6 Å². The third-order valence-electron chi connectivity index (χ3n) is 4.89. The van der Waals surface area contributed by atoms with E-state index in [1.54, 1.807) is 18.0 Å². The Labute approximate surface area is 155 Å². The van der Waals surface area contributed by atoms with Gasteiger partial charge in [0.1, 0.15) is 6.07 Å². The van der Waals surface area contributed by atoms with Crippen LogP contribution in [0.5, 0.6) is 0 Å². The minimum atomic E-state index is 0.0138. The molecule has 0 aliphatic carbocycles. The lowest BCUT2D eigenvalue weighted by molar-refractivity contribution is 0.0620. The standard InChI is InChI=1S/C18H18N4OS2/c19-9-16-20-10-17(25-16)24-14-3-1-13(2-4-14)18(23)21-15-11-22-7-5-12(15)6-8-22/h1-4,10,12,15H,5-8,11H2,(H,21,23). The maximum absolute atomic E-state index is 12.5. The molecule has 2 aromatic rings. The summed E-state index contributed by atoms with van der Waals surface area (Å²) in [5.41, 5.74) is 0.697. The van der Waals surface area contributed by atoms with Gasteiger partial charge in [-0.3, -0.25) is 4.79 Å². The van der Waals surface area contributed by atoms with E-state index in [0.717, 1.165) is 15.6 Å². The van der Waals surface area contributed by atoms with Crippen LogP contribution in [-0.2, 0) is 0 Å². The molecule has 1 aromatic carbocycles. The molecule has 1 aromatic heterocycles. The average molecular weight is 371 g/mol. The molecule has 3 fully saturated rings. The molecule has 25 heavy (non-hydrogen) atoms. The van der Waals surface area contributed by atoms with Crippen LogP contribution in [0.4, 0.5) is 0 Å². The molecule has 0 saturated carbocycles. The van der Waals surface area contributed by atoms with Gasteiger partial charge < -0.3 is 10.2 Å². The summed E-state index contributed by atoms with van der Waals surface area (Å²) in [6, 6.07) is 9.95. The van der Waals surface area contributed by atoms with Gasteiger partial charge in [-0.2, -0.15) is 5.26 Å². The lowest BCUT2D eigenvalue weighted by atomic mass is 9.84. The number of piperidine rings is 3. The summed E-state index contributed by atoms with van der Waals surface area (Å²) in [6.07, 6.45) is 4.10. The van der Waals surface area contributed by atoms with Crippen LogP contribution < -0.4 is 5.32 Å². The lowest BCUT2D eigenvalue weighted by Gasteiger charge is -2.44. The molecule has 128 valence electrons. The number of nitriles is 1. The van der Waals surface area contributed by atoms with E-state index in [0.29, 0.717) is 16.5 Å². The summed E-state index contributed by atoms with van der Waals surface area (Å²) in [4.78, 5) is 20.0. The van der Waals surface area contributed by atoms with Gasteiger partial charge in [-0.05, 0) is 56.1 Å². The van der Waals surface area contributed by atoms with Crippen LogP contribution in [0.25, 0.3) is 0 Å². The van der Waals surface area contributed by atoms with Gasteiger partial charge in [0.25, 0.3) is 5.91 Å². The van der Waals surface area contributed by atoms with E-state index < -0.39 is 0 Å². The molecule has 3 saturated heterocycles. The van der Waals surface area contributed by atoms with E-state index in [1.165, 1.54) is 37.3 Å². The summed E-state index contributed by atoms with van der Waals surface area (Å²) >= 11 is 2.93. The summed E-state index contributed by atoms with van der Waals surface area (Å²) < 4.78 is 0.973. The molecular formula is C18H18N4OS2. The van der Waals surface area contributed by atoms with Crippen LogP contribution in [0.3, 0.4) is 0 Å². The summed E-state index contributed by atoms with van der Waals surface area (Å²) in [6.45, 7) is 3.33. The SMILES string of the molecule is N#Cc1ncc(Sc2ccc(C(=O)NC3CN4CCC3CC4)cc2)s1. The van der Waals surface area contributed by atoms with Crippen molar-refractivity contribution in [1.29, 1.82) is 5.26 Å². The normalized spacial score (nSPS) is 24.7. The molecule has 1 atom stereocenters. The molecular weight excluding hydrogens is 352 g/mol. The number of nitrogens with one attached hydrogen (secondary N) is 1. The minimum absolute atomic E-state index is 0.0138. The zero-order valence-corrected chi connectivity index (χ0v) is 15.3. The largest absolute Gasteiger partial charge is 0.348 e. The van der Waals surface area contributed by atoms with Crippen LogP contribution in [0, 0.1) is 17.2 Å². The Morgan fingerprint density at radius 2 is 2.08 bits per heavy atom. The van der Waals surface area contributed by atoms with E-state index in [1.807, 2.05) is 30.3 Å². The van der Waals surface area contributed by atoms with Crippen molar-refractivity contribution in [2.75, 3.05) is 19.6 Å². The fourth-order valence-corrected chi connectivity index (χ4v) is 5.28. The third-order valence-corrected chi connectivity index (χ3v) is 6.90. The Morgan fingerprint density at radius 3 is 2.68 bits per heavy atom. The lowest BCUT2D eigenvalue weighted by Crippen LogP contribution is -2.57. The van der Waals surface area contributed by atoms with Crippen LogP contribution >= 0.6 is 23.1 Å². The first-order valence-electron chi connectivity index (χ1n) is 8.38. The molecule has 0 radical (unpaired) electrons. The van der Waals surface area contributed by atoms with Gasteiger partial charge >= 0.3 is 0 Å².